The molecule has 4 aliphatic rings. The molecule has 0 aromatic rings. The number of alkyl halides is 1. The molecule has 0 amide bonds. The van der Waals surface area contributed by atoms with Crippen LogP contribution in [0.2, 0.25) is 0 Å². The maximum Gasteiger partial charge on any atom is 0.0339 e. The third kappa shape index (κ3) is 3.76. The van der Waals surface area contributed by atoms with Crippen LogP contribution in [-0.4, -0.2) is 5.38 Å². The summed E-state index contributed by atoms with van der Waals surface area (Å²) in [4.78, 5) is 0. The van der Waals surface area contributed by atoms with E-state index in [4.69, 9.17) is 11.6 Å². The Morgan fingerprint density at radius 3 is 2.52 bits per heavy atom. The zero-order valence-corrected chi connectivity index (χ0v) is 20.9. The van der Waals surface area contributed by atoms with E-state index in [2.05, 4.69) is 47.6 Å². The van der Waals surface area contributed by atoms with Gasteiger partial charge in [0.2, 0.25) is 0 Å². The fourth-order valence-electron chi connectivity index (χ4n) is 8.95. The molecule has 3 fully saturated rings. The maximum atomic E-state index is 6.65. The zero-order valence-electron chi connectivity index (χ0n) is 20.1. The highest BCUT2D eigenvalue weighted by Gasteiger charge is 2.59. The number of rotatable bonds is 5. The van der Waals surface area contributed by atoms with Gasteiger partial charge in [-0.15, -0.1) is 11.6 Å². The quantitative estimate of drug-likeness (QED) is 0.308. The van der Waals surface area contributed by atoms with E-state index in [0.717, 1.165) is 41.4 Å². The maximum absolute atomic E-state index is 6.65. The Hall–Kier alpha value is 0.0300. The van der Waals surface area contributed by atoms with Gasteiger partial charge in [-0.2, -0.15) is 0 Å². The van der Waals surface area contributed by atoms with Crippen LogP contribution in [0.1, 0.15) is 106 Å². The lowest BCUT2D eigenvalue weighted by Gasteiger charge is -2.61. The highest BCUT2D eigenvalue weighted by atomic mass is 35.5. The molecule has 0 spiro atoms. The molecule has 0 saturated heterocycles. The molecule has 0 aliphatic heterocycles. The third-order valence-corrected chi connectivity index (χ3v) is 11.0. The van der Waals surface area contributed by atoms with Gasteiger partial charge in [-0.3, -0.25) is 0 Å². The predicted octanol–water partition coefficient (Wildman–Crippen LogP) is 8.88. The summed E-state index contributed by atoms with van der Waals surface area (Å²) < 4.78 is 0. The number of fused-ring (bicyclic) bond motifs is 5. The van der Waals surface area contributed by atoms with Gasteiger partial charge in [0, 0.05) is 5.38 Å². The SMILES string of the molecule is CC(C)CCCC(C)C1CC=C2C3CC(C)C4CC(Cl)CCC4(C)C3CCC21C. The highest BCUT2D eigenvalue weighted by Crippen LogP contribution is 2.67. The van der Waals surface area contributed by atoms with Crippen LogP contribution in [0.4, 0.5) is 0 Å². The van der Waals surface area contributed by atoms with Gasteiger partial charge in [-0.25, -0.2) is 0 Å². The molecule has 9 unspecified atom stereocenters. The van der Waals surface area contributed by atoms with Crippen LogP contribution < -0.4 is 0 Å². The summed E-state index contributed by atoms with van der Waals surface area (Å²) in [7, 11) is 0. The van der Waals surface area contributed by atoms with Gasteiger partial charge in [0.1, 0.15) is 0 Å². The summed E-state index contributed by atoms with van der Waals surface area (Å²) in [5.41, 5.74) is 2.94. The van der Waals surface area contributed by atoms with E-state index in [1.54, 1.807) is 0 Å². The van der Waals surface area contributed by atoms with Crippen molar-refractivity contribution in [2.45, 2.75) is 111 Å². The van der Waals surface area contributed by atoms with Crippen molar-refractivity contribution in [3.8, 4) is 0 Å². The fourth-order valence-corrected chi connectivity index (χ4v) is 9.25. The van der Waals surface area contributed by atoms with Crippen molar-refractivity contribution in [2.24, 2.45) is 52.3 Å². The molecule has 166 valence electrons. The molecule has 0 heterocycles. The van der Waals surface area contributed by atoms with Crippen LogP contribution in [0.3, 0.4) is 0 Å². The molecule has 9 atom stereocenters. The van der Waals surface area contributed by atoms with Gasteiger partial charge in [0.05, 0.1) is 0 Å². The molecule has 0 aromatic carbocycles. The number of allylic oxidation sites excluding steroid dienone is 2. The molecule has 0 nitrogen and oxygen atoms in total. The molecule has 1 heteroatoms. The minimum atomic E-state index is 0.433. The smallest absolute Gasteiger partial charge is 0.0339 e. The summed E-state index contributed by atoms with van der Waals surface area (Å²) in [6.45, 7) is 15.2. The summed E-state index contributed by atoms with van der Waals surface area (Å²) in [6.07, 6.45) is 16.6. The lowest BCUT2D eigenvalue weighted by Crippen LogP contribution is -2.54. The molecular weight excluding hydrogens is 372 g/mol. The first-order valence-corrected chi connectivity index (χ1v) is 13.4. The van der Waals surface area contributed by atoms with Crippen molar-refractivity contribution in [1.29, 1.82) is 0 Å². The Bertz CT molecular complexity index is 620. The van der Waals surface area contributed by atoms with E-state index < -0.39 is 0 Å². The van der Waals surface area contributed by atoms with Crippen LogP contribution in [0.15, 0.2) is 11.6 Å². The normalized spacial score (nSPS) is 47.9. The zero-order chi connectivity index (χ0) is 21.0. The van der Waals surface area contributed by atoms with Gasteiger partial charge in [0.25, 0.3) is 0 Å². The summed E-state index contributed by atoms with van der Waals surface area (Å²) in [5.74, 6) is 6.11. The minimum absolute atomic E-state index is 0.433. The molecule has 0 aromatic heterocycles. The van der Waals surface area contributed by atoms with Crippen molar-refractivity contribution >= 4 is 11.6 Å². The van der Waals surface area contributed by atoms with Crippen LogP contribution in [0.25, 0.3) is 0 Å². The van der Waals surface area contributed by atoms with E-state index in [1.165, 1.54) is 64.2 Å². The monoisotopic (exact) mass is 418 g/mol. The summed E-state index contributed by atoms with van der Waals surface area (Å²) in [6, 6.07) is 0. The molecule has 4 aliphatic carbocycles. The van der Waals surface area contributed by atoms with E-state index in [1.807, 2.05) is 5.57 Å². The van der Waals surface area contributed by atoms with Gasteiger partial charge in [-0.05, 0) is 97.2 Å². The molecule has 3 saturated carbocycles. The lowest BCUT2D eigenvalue weighted by molar-refractivity contribution is -0.0838. The van der Waals surface area contributed by atoms with Crippen LogP contribution in [0.5, 0.6) is 0 Å². The lowest BCUT2D eigenvalue weighted by atomic mass is 9.44. The summed E-state index contributed by atoms with van der Waals surface area (Å²) in [5, 5.41) is 0.433. The Kier molecular flexibility index (Phi) is 6.27. The van der Waals surface area contributed by atoms with Crippen LogP contribution in [-0.2, 0) is 0 Å². The highest BCUT2D eigenvalue weighted by molar-refractivity contribution is 6.20. The minimum Gasteiger partial charge on any atom is -0.123 e. The van der Waals surface area contributed by atoms with Crippen molar-refractivity contribution in [3.63, 3.8) is 0 Å². The standard InChI is InChI=1S/C28H47Cl/c1-18(2)8-7-9-19(3)23-10-11-24-22-16-20(4)26-17-21(29)12-14-28(26,6)25(22)13-15-27(23,24)5/h11,18-23,25-26H,7-10,12-17H2,1-6H3. The molecule has 0 N–H and O–H groups in total. The first kappa shape index (κ1) is 22.2. The average Bonchev–Trinajstić information content (AvgIpc) is 3.00. The third-order valence-electron chi connectivity index (χ3n) is 10.6. The van der Waals surface area contributed by atoms with Crippen molar-refractivity contribution in [1.82, 2.24) is 0 Å². The topological polar surface area (TPSA) is 0 Å². The van der Waals surface area contributed by atoms with Crippen molar-refractivity contribution in [3.05, 3.63) is 11.6 Å². The molecule has 29 heavy (non-hydrogen) atoms. The van der Waals surface area contributed by atoms with Gasteiger partial charge in [0.15, 0.2) is 0 Å². The van der Waals surface area contributed by atoms with E-state index in [9.17, 15) is 0 Å². The van der Waals surface area contributed by atoms with Gasteiger partial charge in [-0.1, -0.05) is 72.5 Å². The Morgan fingerprint density at radius 1 is 1.03 bits per heavy atom. The number of hydrogen-bond donors (Lipinski definition) is 0. The second-order valence-electron chi connectivity index (χ2n) is 12.7. The van der Waals surface area contributed by atoms with E-state index >= 15 is 0 Å². The Balaban J connectivity index is 1.51. The first-order valence-electron chi connectivity index (χ1n) is 13.0. The molecule has 0 bridgehead atoms. The largest absolute Gasteiger partial charge is 0.123 e. The van der Waals surface area contributed by atoms with Crippen LogP contribution >= 0.6 is 11.6 Å². The van der Waals surface area contributed by atoms with Gasteiger partial charge < -0.3 is 0 Å². The van der Waals surface area contributed by atoms with E-state index in [0.29, 0.717) is 16.2 Å². The van der Waals surface area contributed by atoms with Gasteiger partial charge >= 0.3 is 0 Å². The fraction of sp³-hybridized carbons (Fsp3) is 0.929. The number of hydrogen-bond acceptors (Lipinski definition) is 0. The van der Waals surface area contributed by atoms with Crippen molar-refractivity contribution < 1.29 is 0 Å². The van der Waals surface area contributed by atoms with Crippen molar-refractivity contribution in [2.75, 3.05) is 0 Å². The van der Waals surface area contributed by atoms with Crippen LogP contribution in [0, 0.1) is 52.3 Å². The second-order valence-corrected chi connectivity index (χ2v) is 13.3. The first-order chi connectivity index (χ1) is 13.7. The summed E-state index contributed by atoms with van der Waals surface area (Å²) >= 11 is 6.65. The Morgan fingerprint density at radius 2 is 1.79 bits per heavy atom. The number of halogens is 1. The molecule has 0 radical (unpaired) electrons. The average molecular weight is 419 g/mol. The molecule has 4 rings (SSSR count). The molecular formula is C28H47Cl. The van der Waals surface area contributed by atoms with E-state index in [-0.39, 0.29) is 0 Å². The second kappa shape index (κ2) is 8.18. The predicted molar refractivity (Wildman–Crippen MR) is 127 cm³/mol. The Labute approximate surface area is 186 Å².